The number of carbonyl (C=O) groups is 3. The topological polar surface area (TPSA) is 75.7 Å². The number of fused-ring (bicyclic) bond motifs is 1. The molecule has 27 heavy (non-hydrogen) atoms. The van der Waals surface area contributed by atoms with Gasteiger partial charge in [0, 0.05) is 37.4 Å². The van der Waals surface area contributed by atoms with Gasteiger partial charge in [-0.2, -0.15) is 0 Å². The van der Waals surface area contributed by atoms with Gasteiger partial charge in [-0.3, -0.25) is 19.3 Å². The van der Waals surface area contributed by atoms with Crippen LogP contribution >= 0.6 is 11.6 Å². The Kier molecular flexibility index (Phi) is 5.88. The summed E-state index contributed by atoms with van der Waals surface area (Å²) in [5, 5.41) is 3.38. The predicted molar refractivity (Wildman–Crippen MR) is 101 cm³/mol. The van der Waals surface area contributed by atoms with Gasteiger partial charge in [-0.25, -0.2) is 0 Å². The Morgan fingerprint density at radius 2 is 1.89 bits per heavy atom. The lowest BCUT2D eigenvalue weighted by Gasteiger charge is -2.12. The Hall–Kier alpha value is -2.70. The molecule has 1 aliphatic rings. The highest BCUT2D eigenvalue weighted by Crippen LogP contribution is 2.24. The number of ether oxygens (including phenoxy) is 1. The van der Waals surface area contributed by atoms with Crippen molar-refractivity contribution in [2.75, 3.05) is 20.3 Å². The third-order valence-corrected chi connectivity index (χ3v) is 4.54. The number of nitrogens with one attached hydrogen (secondary N) is 1. The van der Waals surface area contributed by atoms with Crippen LogP contribution in [0.1, 0.15) is 43.1 Å². The summed E-state index contributed by atoms with van der Waals surface area (Å²) in [4.78, 5) is 38.5. The summed E-state index contributed by atoms with van der Waals surface area (Å²) in [6.07, 6.45) is 0.564. The van der Waals surface area contributed by atoms with Crippen molar-refractivity contribution in [2.45, 2.75) is 13.0 Å². The number of imide groups is 1. The first-order chi connectivity index (χ1) is 13.0. The molecule has 0 radical (unpaired) electrons. The number of amides is 3. The second-order valence-corrected chi connectivity index (χ2v) is 6.62. The molecule has 3 amide bonds. The van der Waals surface area contributed by atoms with E-state index in [9.17, 15) is 14.4 Å². The number of rotatable bonds is 7. The van der Waals surface area contributed by atoms with Gasteiger partial charge in [-0.15, -0.1) is 0 Å². The van der Waals surface area contributed by atoms with Crippen molar-refractivity contribution in [2.24, 2.45) is 0 Å². The molecule has 0 saturated heterocycles. The molecular formula is C20H19ClN2O4. The van der Waals surface area contributed by atoms with Crippen LogP contribution in [-0.4, -0.2) is 42.9 Å². The Balaban J connectivity index is 1.70. The summed E-state index contributed by atoms with van der Waals surface area (Å²) < 4.78 is 4.96. The zero-order chi connectivity index (χ0) is 19.4. The molecule has 0 aromatic heterocycles. The van der Waals surface area contributed by atoms with Crippen LogP contribution in [0, 0.1) is 0 Å². The molecule has 140 valence electrons. The number of benzene rings is 2. The van der Waals surface area contributed by atoms with E-state index >= 15 is 0 Å². The molecule has 0 bridgehead atoms. The molecule has 1 N–H and O–H groups in total. The maximum absolute atomic E-state index is 12.5. The van der Waals surface area contributed by atoms with Gasteiger partial charge >= 0.3 is 0 Å². The van der Waals surface area contributed by atoms with Gasteiger partial charge in [0.15, 0.2) is 0 Å². The van der Waals surface area contributed by atoms with Crippen LogP contribution in [0.25, 0.3) is 0 Å². The molecule has 1 aliphatic heterocycles. The Morgan fingerprint density at radius 1 is 1.11 bits per heavy atom. The maximum Gasteiger partial charge on any atom is 0.261 e. The van der Waals surface area contributed by atoms with Crippen LogP contribution in [-0.2, 0) is 11.3 Å². The van der Waals surface area contributed by atoms with Crippen molar-refractivity contribution in [1.82, 2.24) is 10.2 Å². The van der Waals surface area contributed by atoms with Gasteiger partial charge < -0.3 is 10.1 Å². The Bertz CT molecular complexity index is 897. The van der Waals surface area contributed by atoms with Crippen LogP contribution in [0.5, 0.6) is 0 Å². The van der Waals surface area contributed by atoms with E-state index in [1.165, 1.54) is 17.0 Å². The number of methoxy groups -OCH3 is 1. The average Bonchev–Trinajstić information content (AvgIpc) is 2.90. The quantitative estimate of drug-likeness (QED) is 0.586. The fourth-order valence-corrected chi connectivity index (χ4v) is 3.15. The summed E-state index contributed by atoms with van der Waals surface area (Å²) in [6, 6.07) is 11.7. The zero-order valence-corrected chi connectivity index (χ0v) is 15.6. The predicted octanol–water partition coefficient (Wildman–Crippen LogP) is 2.90. The lowest BCUT2D eigenvalue weighted by Crippen LogP contribution is -2.31. The molecule has 0 spiro atoms. The third-order valence-electron chi connectivity index (χ3n) is 4.31. The van der Waals surface area contributed by atoms with Crippen molar-refractivity contribution >= 4 is 29.3 Å². The van der Waals surface area contributed by atoms with Gasteiger partial charge in [0.2, 0.25) is 0 Å². The molecule has 3 rings (SSSR count). The molecular weight excluding hydrogens is 368 g/mol. The molecule has 7 heteroatoms. The van der Waals surface area contributed by atoms with E-state index in [1.807, 2.05) is 12.1 Å². The van der Waals surface area contributed by atoms with Crippen LogP contribution < -0.4 is 5.32 Å². The summed E-state index contributed by atoms with van der Waals surface area (Å²) in [5.41, 5.74) is 1.78. The summed E-state index contributed by atoms with van der Waals surface area (Å²) >= 11 is 5.94. The minimum absolute atomic E-state index is 0.257. The van der Waals surface area contributed by atoms with E-state index < -0.39 is 0 Å². The molecule has 1 heterocycles. The molecule has 0 saturated carbocycles. The second-order valence-electron chi connectivity index (χ2n) is 6.18. The smallest absolute Gasteiger partial charge is 0.261 e. The van der Waals surface area contributed by atoms with Crippen molar-refractivity contribution in [3.63, 3.8) is 0 Å². The first-order valence-electron chi connectivity index (χ1n) is 8.53. The fourth-order valence-electron chi connectivity index (χ4n) is 2.93. The van der Waals surface area contributed by atoms with E-state index in [0.29, 0.717) is 35.7 Å². The van der Waals surface area contributed by atoms with Crippen LogP contribution in [0.2, 0.25) is 5.02 Å². The van der Waals surface area contributed by atoms with E-state index in [1.54, 1.807) is 25.3 Å². The summed E-state index contributed by atoms with van der Waals surface area (Å²) in [6.45, 7) is 1.06. The first kappa shape index (κ1) is 19.1. The van der Waals surface area contributed by atoms with Crippen LogP contribution in [0.3, 0.4) is 0 Å². The molecule has 0 atom stereocenters. The molecule has 2 aromatic carbocycles. The van der Waals surface area contributed by atoms with E-state index in [0.717, 1.165) is 5.56 Å². The van der Waals surface area contributed by atoms with Crippen molar-refractivity contribution < 1.29 is 19.1 Å². The van der Waals surface area contributed by atoms with E-state index in [-0.39, 0.29) is 29.8 Å². The van der Waals surface area contributed by atoms with Gasteiger partial charge in [-0.1, -0.05) is 23.7 Å². The Morgan fingerprint density at radius 3 is 2.63 bits per heavy atom. The summed E-state index contributed by atoms with van der Waals surface area (Å²) in [7, 11) is 1.57. The normalized spacial score (nSPS) is 13.0. The van der Waals surface area contributed by atoms with Gasteiger partial charge in [0.1, 0.15) is 0 Å². The molecule has 0 unspecified atom stereocenters. The summed E-state index contributed by atoms with van der Waals surface area (Å²) in [5.74, 6) is -1.04. The monoisotopic (exact) mass is 386 g/mol. The lowest BCUT2D eigenvalue weighted by molar-refractivity contribution is 0.0638. The van der Waals surface area contributed by atoms with E-state index in [2.05, 4.69) is 5.32 Å². The zero-order valence-electron chi connectivity index (χ0n) is 14.8. The maximum atomic E-state index is 12.5. The highest BCUT2D eigenvalue weighted by atomic mass is 35.5. The van der Waals surface area contributed by atoms with Crippen LogP contribution in [0.4, 0.5) is 0 Å². The minimum atomic E-state index is -0.379. The highest BCUT2D eigenvalue weighted by Gasteiger charge is 2.35. The second kappa shape index (κ2) is 8.33. The van der Waals surface area contributed by atoms with Crippen molar-refractivity contribution in [3.8, 4) is 0 Å². The minimum Gasteiger partial charge on any atom is -0.385 e. The lowest BCUT2D eigenvalue weighted by atomic mass is 10.1. The Labute approximate surface area is 162 Å². The SMILES string of the molecule is COCCCN1C(=O)c2ccc(C(=O)NCc3cccc(Cl)c3)cc2C1=O. The first-order valence-corrected chi connectivity index (χ1v) is 8.91. The fraction of sp³-hybridized carbons (Fsp3) is 0.250. The van der Waals surface area contributed by atoms with Crippen LogP contribution in [0.15, 0.2) is 42.5 Å². The highest BCUT2D eigenvalue weighted by molar-refractivity contribution is 6.30. The van der Waals surface area contributed by atoms with Crippen molar-refractivity contribution in [3.05, 3.63) is 69.7 Å². The number of hydrogen-bond donors (Lipinski definition) is 1. The number of nitrogens with zero attached hydrogens (tertiary/aromatic N) is 1. The van der Waals surface area contributed by atoms with Gasteiger partial charge in [0.25, 0.3) is 17.7 Å². The molecule has 6 nitrogen and oxygen atoms in total. The van der Waals surface area contributed by atoms with Gasteiger partial charge in [-0.05, 0) is 42.3 Å². The molecule has 2 aromatic rings. The molecule has 0 fully saturated rings. The number of hydrogen-bond acceptors (Lipinski definition) is 4. The van der Waals surface area contributed by atoms with Gasteiger partial charge in [0.05, 0.1) is 11.1 Å². The number of carbonyl (C=O) groups excluding carboxylic acids is 3. The number of halogens is 1. The van der Waals surface area contributed by atoms with E-state index in [4.69, 9.17) is 16.3 Å². The molecule has 0 aliphatic carbocycles. The van der Waals surface area contributed by atoms with Crippen molar-refractivity contribution in [1.29, 1.82) is 0 Å². The third kappa shape index (κ3) is 4.18. The largest absolute Gasteiger partial charge is 0.385 e. The average molecular weight is 387 g/mol. The standard InChI is InChI=1S/C20H19ClN2O4/c1-27-9-3-8-23-19(25)16-7-6-14(11-17(16)20(23)26)18(24)22-12-13-4-2-5-15(21)10-13/h2,4-7,10-11H,3,8-9,12H2,1H3,(H,22,24).